The molecule has 0 aliphatic carbocycles. The fraction of sp³-hybridized carbons (Fsp3) is 0.320. The second-order valence-electron chi connectivity index (χ2n) is 7.93. The predicted molar refractivity (Wildman–Crippen MR) is 132 cm³/mol. The minimum Gasteiger partial charge on any atom is -0.343 e. The number of para-hydroxylation sites is 1. The van der Waals surface area contributed by atoms with E-state index in [9.17, 15) is 9.59 Å². The van der Waals surface area contributed by atoms with E-state index in [-0.39, 0.29) is 11.8 Å². The first kappa shape index (κ1) is 24.3. The number of amides is 2. The van der Waals surface area contributed by atoms with Crippen molar-refractivity contribution in [3.63, 3.8) is 0 Å². The van der Waals surface area contributed by atoms with Gasteiger partial charge in [0, 0.05) is 18.5 Å². The van der Waals surface area contributed by atoms with Crippen molar-refractivity contribution in [2.24, 2.45) is 11.5 Å². The molecule has 33 heavy (non-hydrogen) atoms. The number of nitrogens with two attached hydrogens (primary N) is 2. The summed E-state index contributed by atoms with van der Waals surface area (Å²) in [7, 11) is 0. The molecule has 0 aliphatic rings. The van der Waals surface area contributed by atoms with Gasteiger partial charge in [-0.1, -0.05) is 48.5 Å². The highest BCUT2D eigenvalue weighted by Gasteiger charge is 2.24. The Morgan fingerprint density at radius 2 is 1.70 bits per heavy atom. The lowest BCUT2D eigenvalue weighted by Gasteiger charge is -2.21. The summed E-state index contributed by atoms with van der Waals surface area (Å²) in [5.41, 5.74) is 14.0. The van der Waals surface area contributed by atoms with Crippen molar-refractivity contribution >= 4 is 28.4 Å². The van der Waals surface area contributed by atoms with Gasteiger partial charge in [0.15, 0.2) is 0 Å². The summed E-state index contributed by atoms with van der Waals surface area (Å²) in [6, 6.07) is 17.9. The molecule has 3 rings (SSSR count). The van der Waals surface area contributed by atoms with Crippen molar-refractivity contribution in [2.45, 2.75) is 31.3 Å². The van der Waals surface area contributed by atoms with Gasteiger partial charge in [0.1, 0.15) is 6.04 Å². The standard InChI is InChI=1S/C25H32N6O2/c26-13-15-28-14-12-21(27)24(32)31-23(11-10-18-6-2-1-3-7-18)25(33)30-20-16-19-8-4-5-9-22(19)29-17-20/h1-9,16-17,21,23,28H,10-15,26-27H2,(H,30,33)(H,31,32)/t21-,23-/m0/s1. The first-order chi connectivity index (χ1) is 16.1. The van der Waals surface area contributed by atoms with Crippen LogP contribution in [-0.4, -0.2) is 48.5 Å². The highest BCUT2D eigenvalue weighted by molar-refractivity contribution is 5.98. The maximum absolute atomic E-state index is 13.1. The van der Waals surface area contributed by atoms with E-state index in [4.69, 9.17) is 11.5 Å². The Hall–Kier alpha value is -3.33. The molecule has 0 saturated heterocycles. The molecule has 8 nitrogen and oxygen atoms in total. The van der Waals surface area contributed by atoms with Crippen LogP contribution in [0.5, 0.6) is 0 Å². The van der Waals surface area contributed by atoms with Crippen LogP contribution >= 0.6 is 0 Å². The molecule has 0 fully saturated rings. The molecule has 0 bridgehead atoms. The van der Waals surface area contributed by atoms with Crippen molar-refractivity contribution in [3.8, 4) is 0 Å². The van der Waals surface area contributed by atoms with Gasteiger partial charge in [-0.05, 0) is 43.5 Å². The van der Waals surface area contributed by atoms with Crippen LogP contribution in [-0.2, 0) is 16.0 Å². The monoisotopic (exact) mass is 448 g/mol. The molecule has 0 aliphatic heterocycles. The van der Waals surface area contributed by atoms with E-state index >= 15 is 0 Å². The van der Waals surface area contributed by atoms with Crippen LogP contribution in [0.25, 0.3) is 10.9 Å². The van der Waals surface area contributed by atoms with Gasteiger partial charge in [-0.25, -0.2) is 0 Å². The van der Waals surface area contributed by atoms with Gasteiger partial charge in [0.2, 0.25) is 11.8 Å². The zero-order valence-corrected chi connectivity index (χ0v) is 18.7. The Bertz CT molecular complexity index is 1040. The van der Waals surface area contributed by atoms with E-state index in [0.29, 0.717) is 44.6 Å². The van der Waals surface area contributed by atoms with E-state index in [1.165, 1.54) is 0 Å². The van der Waals surface area contributed by atoms with Gasteiger partial charge in [0.05, 0.1) is 23.4 Å². The number of rotatable bonds is 12. The van der Waals surface area contributed by atoms with Gasteiger partial charge in [-0.2, -0.15) is 0 Å². The summed E-state index contributed by atoms with van der Waals surface area (Å²) in [6.07, 6.45) is 3.15. The lowest BCUT2D eigenvalue weighted by molar-refractivity contribution is -0.127. The maximum atomic E-state index is 13.1. The second-order valence-corrected chi connectivity index (χ2v) is 7.93. The Morgan fingerprint density at radius 3 is 2.48 bits per heavy atom. The number of aryl methyl sites for hydroxylation is 1. The van der Waals surface area contributed by atoms with Crippen LogP contribution in [0.4, 0.5) is 5.69 Å². The Balaban J connectivity index is 1.66. The molecular weight excluding hydrogens is 416 g/mol. The van der Waals surface area contributed by atoms with Crippen LogP contribution in [0.1, 0.15) is 18.4 Å². The number of anilines is 1. The Labute approximate surface area is 194 Å². The lowest BCUT2D eigenvalue weighted by Crippen LogP contribution is -2.50. The van der Waals surface area contributed by atoms with Crippen molar-refractivity contribution in [1.82, 2.24) is 15.6 Å². The number of nitrogens with one attached hydrogen (secondary N) is 3. The Morgan fingerprint density at radius 1 is 0.939 bits per heavy atom. The van der Waals surface area contributed by atoms with E-state index in [1.54, 1.807) is 6.20 Å². The molecule has 2 amide bonds. The molecule has 2 aromatic carbocycles. The van der Waals surface area contributed by atoms with Gasteiger partial charge in [-0.15, -0.1) is 0 Å². The Kier molecular flexibility index (Phi) is 9.31. The minimum atomic E-state index is -0.729. The summed E-state index contributed by atoms with van der Waals surface area (Å²) < 4.78 is 0. The van der Waals surface area contributed by atoms with Crippen LogP contribution in [0.15, 0.2) is 66.9 Å². The molecule has 174 valence electrons. The number of hydrogen-bond donors (Lipinski definition) is 5. The number of aromatic nitrogens is 1. The SMILES string of the molecule is NCCNCC[C@H](N)C(=O)N[C@@H](CCc1ccccc1)C(=O)Nc1cnc2ccccc2c1. The van der Waals surface area contributed by atoms with Gasteiger partial charge in [0.25, 0.3) is 0 Å². The summed E-state index contributed by atoms with van der Waals surface area (Å²) in [4.78, 5) is 30.2. The minimum absolute atomic E-state index is 0.301. The van der Waals surface area contributed by atoms with Gasteiger partial charge in [-0.3, -0.25) is 14.6 Å². The fourth-order valence-electron chi connectivity index (χ4n) is 3.49. The number of carbonyl (C=O) groups excluding carboxylic acids is 2. The summed E-state index contributed by atoms with van der Waals surface area (Å²) in [5, 5.41) is 9.77. The van der Waals surface area contributed by atoms with E-state index in [1.807, 2.05) is 60.7 Å². The molecule has 1 aromatic heterocycles. The number of hydrogen-bond acceptors (Lipinski definition) is 6. The number of nitrogens with zero attached hydrogens (tertiary/aromatic N) is 1. The van der Waals surface area contributed by atoms with E-state index in [0.717, 1.165) is 16.5 Å². The summed E-state index contributed by atoms with van der Waals surface area (Å²) in [6.45, 7) is 1.76. The van der Waals surface area contributed by atoms with Crippen molar-refractivity contribution in [2.75, 3.05) is 25.0 Å². The maximum Gasteiger partial charge on any atom is 0.247 e. The van der Waals surface area contributed by atoms with E-state index < -0.39 is 12.1 Å². The molecule has 0 saturated carbocycles. The topological polar surface area (TPSA) is 135 Å². The summed E-state index contributed by atoms with van der Waals surface area (Å²) in [5.74, 6) is -0.654. The van der Waals surface area contributed by atoms with Crippen molar-refractivity contribution in [3.05, 3.63) is 72.4 Å². The molecule has 0 spiro atoms. The highest BCUT2D eigenvalue weighted by atomic mass is 16.2. The molecule has 0 unspecified atom stereocenters. The third kappa shape index (κ3) is 7.64. The molecular formula is C25H32N6O2. The lowest BCUT2D eigenvalue weighted by atomic mass is 10.0. The zero-order valence-electron chi connectivity index (χ0n) is 18.7. The molecule has 7 N–H and O–H groups in total. The largest absolute Gasteiger partial charge is 0.343 e. The average molecular weight is 449 g/mol. The molecule has 8 heteroatoms. The van der Waals surface area contributed by atoms with Crippen molar-refractivity contribution in [1.29, 1.82) is 0 Å². The quantitative estimate of drug-likeness (QED) is 0.267. The summed E-state index contributed by atoms with van der Waals surface area (Å²) >= 11 is 0. The first-order valence-corrected chi connectivity index (χ1v) is 11.2. The zero-order chi connectivity index (χ0) is 23.5. The molecule has 0 radical (unpaired) electrons. The van der Waals surface area contributed by atoms with Gasteiger partial charge < -0.3 is 27.4 Å². The average Bonchev–Trinajstić information content (AvgIpc) is 2.84. The van der Waals surface area contributed by atoms with Crippen LogP contribution in [0.2, 0.25) is 0 Å². The number of fused-ring (bicyclic) bond motifs is 1. The predicted octanol–water partition coefficient (Wildman–Crippen LogP) is 1.56. The number of carbonyl (C=O) groups is 2. The van der Waals surface area contributed by atoms with Crippen molar-refractivity contribution < 1.29 is 9.59 Å². The number of pyridine rings is 1. The normalized spacial score (nSPS) is 12.8. The molecule has 1 heterocycles. The van der Waals surface area contributed by atoms with Gasteiger partial charge >= 0.3 is 0 Å². The highest BCUT2D eigenvalue weighted by Crippen LogP contribution is 2.17. The molecule has 2 atom stereocenters. The molecule has 3 aromatic rings. The second kappa shape index (κ2) is 12.6. The first-order valence-electron chi connectivity index (χ1n) is 11.2. The third-order valence-corrected chi connectivity index (χ3v) is 5.35. The third-order valence-electron chi connectivity index (χ3n) is 5.35. The smallest absolute Gasteiger partial charge is 0.247 e. The fourth-order valence-corrected chi connectivity index (χ4v) is 3.49. The van der Waals surface area contributed by atoms with Crippen LogP contribution in [0.3, 0.4) is 0 Å². The number of benzene rings is 2. The van der Waals surface area contributed by atoms with E-state index in [2.05, 4.69) is 20.9 Å². The van der Waals surface area contributed by atoms with Crippen LogP contribution < -0.4 is 27.4 Å². The van der Waals surface area contributed by atoms with Crippen LogP contribution in [0, 0.1) is 0 Å².